The lowest BCUT2D eigenvalue weighted by molar-refractivity contribution is 0.397. The minimum absolute atomic E-state index is 0.00694. The van der Waals surface area contributed by atoms with E-state index < -0.39 is 11.4 Å². The second-order valence-corrected chi connectivity index (χ2v) is 4.74. The third-order valence-corrected chi connectivity index (χ3v) is 2.61. The van der Waals surface area contributed by atoms with Gasteiger partial charge in [-0.15, -0.1) is 0 Å². The van der Waals surface area contributed by atoms with Crippen LogP contribution in [-0.4, -0.2) is 16.8 Å². The van der Waals surface area contributed by atoms with Crippen LogP contribution in [-0.2, 0) is 0 Å². The van der Waals surface area contributed by atoms with Gasteiger partial charge in [0.25, 0.3) is 0 Å². The molecule has 7 nitrogen and oxygen atoms in total. The average Bonchev–Trinajstić information content (AvgIpc) is 2.44. The molecule has 1 aromatic heterocycles. The normalized spacial score (nSPS) is 9.86. The third kappa shape index (κ3) is 5.08. The van der Waals surface area contributed by atoms with Crippen molar-refractivity contribution in [2.24, 2.45) is 11.0 Å². The van der Waals surface area contributed by atoms with Crippen molar-refractivity contribution >= 4 is 11.0 Å². The van der Waals surface area contributed by atoms with Crippen LogP contribution < -0.4 is 5.63 Å². The number of rotatable bonds is 3. The number of hydrogen-bond donors (Lipinski definition) is 2. The number of aromatic hydroxyl groups is 2. The van der Waals surface area contributed by atoms with Crippen LogP contribution in [0.5, 0.6) is 11.5 Å². The summed E-state index contributed by atoms with van der Waals surface area (Å²) in [5.74, 6) is -0.0717. The lowest BCUT2D eigenvalue weighted by Crippen LogP contribution is -1.94. The first kappa shape index (κ1) is 16.4. The molecule has 7 heteroatoms. The SMILES string of the molecule is CC(C)CCN=[N+]=[N-].O=c1ccc2ccc(O)c(O)c2o1. The highest BCUT2D eigenvalue weighted by molar-refractivity contribution is 5.84. The Morgan fingerprint density at radius 2 is 1.95 bits per heavy atom. The van der Waals surface area contributed by atoms with Gasteiger partial charge in [0.2, 0.25) is 5.75 Å². The van der Waals surface area contributed by atoms with E-state index in [1.54, 1.807) is 6.07 Å². The molecule has 0 fully saturated rings. The quantitative estimate of drug-likeness (QED) is 0.295. The summed E-state index contributed by atoms with van der Waals surface area (Å²) in [5, 5.41) is 22.4. The van der Waals surface area contributed by atoms with Crippen molar-refractivity contribution in [1.82, 2.24) is 0 Å². The molecule has 0 atom stereocenters. The molecule has 112 valence electrons. The van der Waals surface area contributed by atoms with Crippen molar-refractivity contribution in [1.29, 1.82) is 0 Å². The first-order valence-electron chi connectivity index (χ1n) is 6.41. The van der Waals surface area contributed by atoms with E-state index in [2.05, 4.69) is 23.9 Å². The molecule has 0 aliphatic carbocycles. The summed E-state index contributed by atoms with van der Waals surface area (Å²) in [6.45, 7) is 4.84. The standard InChI is InChI=1S/C9H6O4.C5H11N3/c10-6-3-1-5-2-4-7(11)13-9(5)8(6)12;1-5(2)3-4-7-8-6/h1-4,10,12H;5H,3-4H2,1-2H3. The lowest BCUT2D eigenvalue weighted by Gasteiger charge is -1.99. The first-order valence-corrected chi connectivity index (χ1v) is 6.41. The molecule has 21 heavy (non-hydrogen) atoms. The second kappa shape index (κ2) is 7.81. The maximum atomic E-state index is 10.8. The van der Waals surface area contributed by atoms with E-state index in [-0.39, 0.29) is 11.3 Å². The third-order valence-electron chi connectivity index (χ3n) is 2.61. The summed E-state index contributed by atoms with van der Waals surface area (Å²) in [6.07, 6.45) is 0.990. The fourth-order valence-electron chi connectivity index (χ4n) is 1.47. The van der Waals surface area contributed by atoms with E-state index in [0.29, 0.717) is 17.8 Å². The van der Waals surface area contributed by atoms with E-state index in [0.717, 1.165) is 6.42 Å². The molecule has 0 unspecified atom stereocenters. The number of nitrogens with zero attached hydrogens (tertiary/aromatic N) is 3. The number of fused-ring (bicyclic) bond motifs is 1. The summed E-state index contributed by atoms with van der Waals surface area (Å²) in [7, 11) is 0. The van der Waals surface area contributed by atoms with Crippen LogP contribution in [0.15, 0.2) is 38.6 Å². The maximum Gasteiger partial charge on any atom is 0.336 e. The van der Waals surface area contributed by atoms with Gasteiger partial charge in [0.1, 0.15) is 0 Å². The second-order valence-electron chi connectivity index (χ2n) is 4.74. The molecule has 0 aliphatic heterocycles. The Kier molecular flexibility index (Phi) is 6.10. The molecule has 0 saturated heterocycles. The highest BCUT2D eigenvalue weighted by Crippen LogP contribution is 2.31. The zero-order chi connectivity index (χ0) is 15.8. The van der Waals surface area contributed by atoms with Crippen molar-refractivity contribution in [3.8, 4) is 11.5 Å². The van der Waals surface area contributed by atoms with Crippen LogP contribution >= 0.6 is 0 Å². The van der Waals surface area contributed by atoms with Gasteiger partial charge in [-0.1, -0.05) is 19.0 Å². The van der Waals surface area contributed by atoms with E-state index in [9.17, 15) is 9.90 Å². The number of benzene rings is 1. The monoisotopic (exact) mass is 291 g/mol. The van der Waals surface area contributed by atoms with E-state index in [4.69, 9.17) is 15.1 Å². The van der Waals surface area contributed by atoms with Crippen LogP contribution in [0.2, 0.25) is 0 Å². The van der Waals surface area contributed by atoms with Gasteiger partial charge >= 0.3 is 5.63 Å². The van der Waals surface area contributed by atoms with Gasteiger partial charge in [0, 0.05) is 22.9 Å². The Labute approximate surface area is 121 Å². The van der Waals surface area contributed by atoms with Crippen molar-refractivity contribution in [2.75, 3.05) is 6.54 Å². The minimum Gasteiger partial charge on any atom is -0.504 e. The van der Waals surface area contributed by atoms with Gasteiger partial charge in [-0.3, -0.25) is 0 Å². The fraction of sp³-hybridized carbons (Fsp3) is 0.357. The molecule has 0 aliphatic rings. The Bertz CT molecular complexity index is 703. The smallest absolute Gasteiger partial charge is 0.336 e. The predicted octanol–water partition coefficient (Wildman–Crippen LogP) is 3.55. The van der Waals surface area contributed by atoms with Crippen LogP contribution in [0.1, 0.15) is 20.3 Å². The molecule has 0 radical (unpaired) electrons. The molecule has 0 spiro atoms. The van der Waals surface area contributed by atoms with E-state index in [1.807, 2.05) is 0 Å². The fourth-order valence-corrected chi connectivity index (χ4v) is 1.47. The van der Waals surface area contributed by atoms with Gasteiger partial charge in [-0.05, 0) is 36.1 Å². The Morgan fingerprint density at radius 3 is 2.57 bits per heavy atom. The van der Waals surface area contributed by atoms with Crippen LogP contribution in [0, 0.1) is 5.92 Å². The number of hydrogen-bond acceptors (Lipinski definition) is 5. The van der Waals surface area contributed by atoms with Gasteiger partial charge in [0.05, 0.1) is 0 Å². The van der Waals surface area contributed by atoms with E-state index >= 15 is 0 Å². The van der Waals surface area contributed by atoms with Gasteiger partial charge in [-0.25, -0.2) is 4.79 Å². The summed E-state index contributed by atoms with van der Waals surface area (Å²) in [6, 6.07) is 5.64. The Hall–Kier alpha value is -2.66. The number of phenolic OH excluding ortho intramolecular Hbond substituents is 2. The summed E-state index contributed by atoms with van der Waals surface area (Å²) >= 11 is 0. The maximum absolute atomic E-state index is 10.8. The molecule has 0 saturated carbocycles. The molecule has 2 N–H and O–H groups in total. The van der Waals surface area contributed by atoms with Crippen molar-refractivity contribution in [3.63, 3.8) is 0 Å². The molecule has 1 heterocycles. The van der Waals surface area contributed by atoms with Crippen molar-refractivity contribution in [3.05, 3.63) is 45.1 Å². The van der Waals surface area contributed by atoms with Crippen LogP contribution in [0.25, 0.3) is 21.4 Å². The zero-order valence-electron chi connectivity index (χ0n) is 11.9. The highest BCUT2D eigenvalue weighted by Gasteiger charge is 2.07. The van der Waals surface area contributed by atoms with Crippen molar-refractivity contribution in [2.45, 2.75) is 20.3 Å². The molecule has 0 bridgehead atoms. The molecule has 2 aromatic rings. The molecule has 1 aromatic carbocycles. The topological polar surface area (TPSA) is 119 Å². The number of phenols is 2. The van der Waals surface area contributed by atoms with Crippen molar-refractivity contribution < 1.29 is 14.6 Å². The van der Waals surface area contributed by atoms with Gasteiger partial charge < -0.3 is 14.6 Å². The number of azide groups is 1. The minimum atomic E-state index is -0.562. The Balaban J connectivity index is 0.000000240. The largest absolute Gasteiger partial charge is 0.504 e. The summed E-state index contributed by atoms with van der Waals surface area (Å²) < 4.78 is 4.71. The molecule has 2 rings (SSSR count). The first-order chi connectivity index (χ1) is 9.95. The van der Waals surface area contributed by atoms with Crippen LogP contribution in [0.3, 0.4) is 0 Å². The van der Waals surface area contributed by atoms with Gasteiger partial charge in [0.15, 0.2) is 11.3 Å². The molecular formula is C14H17N3O4. The molecule has 0 amide bonds. The van der Waals surface area contributed by atoms with E-state index in [1.165, 1.54) is 18.2 Å². The Morgan fingerprint density at radius 1 is 1.29 bits per heavy atom. The summed E-state index contributed by atoms with van der Waals surface area (Å²) in [5.41, 5.74) is 7.28. The summed E-state index contributed by atoms with van der Waals surface area (Å²) in [4.78, 5) is 13.4. The highest BCUT2D eigenvalue weighted by atomic mass is 16.4. The van der Waals surface area contributed by atoms with Crippen LogP contribution in [0.4, 0.5) is 0 Å². The predicted molar refractivity (Wildman–Crippen MR) is 79.3 cm³/mol. The van der Waals surface area contributed by atoms with Gasteiger partial charge in [-0.2, -0.15) is 0 Å². The average molecular weight is 291 g/mol. The lowest BCUT2D eigenvalue weighted by atomic mass is 10.1. The molecular weight excluding hydrogens is 274 g/mol. The zero-order valence-corrected chi connectivity index (χ0v) is 11.9.